The van der Waals surface area contributed by atoms with E-state index in [9.17, 15) is 2.21 Å². The van der Waals surface area contributed by atoms with Gasteiger partial charge in [0, 0.05) is 0 Å². The molecule has 0 aromatic heterocycles. The first-order valence-electron chi connectivity index (χ1n) is 1.07. The van der Waals surface area contributed by atoms with E-state index < -0.39 is 112 Å². The van der Waals surface area contributed by atoms with Gasteiger partial charge in [0.05, 0.1) is 0 Å². The number of rotatable bonds is 2. The molecular formula is CeO5Sm2. The van der Waals surface area contributed by atoms with Crippen molar-refractivity contribution in [3.63, 3.8) is 0 Å². The van der Waals surface area contributed by atoms with Crippen molar-refractivity contribution in [2.24, 2.45) is 0 Å². The summed E-state index contributed by atoms with van der Waals surface area (Å²) < 4.78 is 39.8. The Kier molecular flexibility index (Phi) is 28.7. The van der Waals surface area contributed by atoms with Crippen LogP contribution in [0, 0.1) is 112 Å². The number of hydrogen-bond donors (Lipinski definition) is 0. The van der Waals surface area contributed by atoms with Crippen molar-refractivity contribution in [2.45, 2.75) is 0 Å². The SMILES string of the molecule is [O]=[Ce]=[O].[O]=[Sm][O][Sm]=[O]. The zero-order chi connectivity index (χ0) is 6.83. The van der Waals surface area contributed by atoms with Gasteiger partial charge in [-0.3, -0.25) is 0 Å². The van der Waals surface area contributed by atoms with E-state index in [1.54, 1.807) is 0 Å². The van der Waals surface area contributed by atoms with Crippen molar-refractivity contribution in [3.8, 4) is 0 Å². The molecule has 0 atom stereocenters. The topological polar surface area (TPSA) is 77.5 Å². The molecule has 0 saturated heterocycles. The van der Waals surface area contributed by atoms with E-state index >= 15 is 0 Å². The van der Waals surface area contributed by atoms with Crippen molar-refractivity contribution in [1.82, 2.24) is 0 Å². The average molecular weight is 521 g/mol. The van der Waals surface area contributed by atoms with Gasteiger partial charge in [-0.2, -0.15) is 0 Å². The van der Waals surface area contributed by atoms with Crippen molar-refractivity contribution < 1.29 is 113 Å². The van der Waals surface area contributed by atoms with E-state index in [0.717, 1.165) is 0 Å². The first-order chi connectivity index (χ1) is 3.83. The van der Waals surface area contributed by atoms with Crippen molar-refractivity contribution >= 4 is 0 Å². The molecule has 0 aliphatic heterocycles. The van der Waals surface area contributed by atoms with Crippen molar-refractivity contribution in [2.75, 3.05) is 0 Å². The fourth-order valence-electron chi connectivity index (χ4n) is 0.0113. The van der Waals surface area contributed by atoms with Gasteiger partial charge in [-0.05, 0) is 0 Å². The molecular weight excluding hydrogens is 521 g/mol. The Balaban J connectivity index is 0. The first kappa shape index (κ1) is 13.8. The van der Waals surface area contributed by atoms with Gasteiger partial charge < -0.3 is 0 Å². The molecule has 0 unspecified atom stereocenters. The zero-order valence-electron chi connectivity index (χ0n) is 3.36. The molecule has 8 heteroatoms. The van der Waals surface area contributed by atoms with Gasteiger partial charge >= 0.3 is 113 Å². The summed E-state index contributed by atoms with van der Waals surface area (Å²) in [4.78, 5) is 0. The Morgan fingerprint density at radius 3 is 1.38 bits per heavy atom. The van der Waals surface area contributed by atoms with Gasteiger partial charge in [0.15, 0.2) is 0 Å². The Morgan fingerprint density at radius 1 is 1.12 bits per heavy atom. The molecule has 0 bridgehead atoms. The molecule has 0 rings (SSSR count). The van der Waals surface area contributed by atoms with Gasteiger partial charge in [0.1, 0.15) is 0 Å². The molecule has 0 aromatic rings. The second-order valence-corrected chi connectivity index (χ2v) is 5.36. The van der Waals surface area contributed by atoms with Crippen LogP contribution in [0.1, 0.15) is 0 Å². The predicted molar refractivity (Wildman–Crippen MR) is 3.83 cm³/mol. The van der Waals surface area contributed by atoms with Crippen LogP contribution < -0.4 is 0 Å². The van der Waals surface area contributed by atoms with Crippen molar-refractivity contribution in [3.05, 3.63) is 0 Å². The monoisotopic (exact) mass is 524 g/mol. The van der Waals surface area contributed by atoms with Crippen LogP contribution in [0.5, 0.6) is 0 Å². The minimum atomic E-state index is -2.42. The molecule has 8 heavy (non-hydrogen) atoms. The summed E-state index contributed by atoms with van der Waals surface area (Å²) in [5, 5.41) is 0. The third kappa shape index (κ3) is 22.9. The van der Waals surface area contributed by atoms with Crippen LogP contribution in [0.3, 0.4) is 0 Å². The standard InChI is InChI=1S/Ce.5O.2Sm. The predicted octanol–water partition coefficient (Wildman–Crippen LogP) is -0.544. The van der Waals surface area contributed by atoms with E-state index in [0.29, 0.717) is 0 Å². The zero-order valence-corrected chi connectivity index (χ0v) is 11.7. The summed E-state index contributed by atoms with van der Waals surface area (Å²) >= 11 is -5.94. The molecule has 0 N–H and O–H groups in total. The molecule has 0 amide bonds. The summed E-state index contributed by atoms with van der Waals surface area (Å²) in [6, 6.07) is 0. The Labute approximate surface area is 109 Å². The van der Waals surface area contributed by atoms with Crippen molar-refractivity contribution in [1.29, 1.82) is 0 Å². The van der Waals surface area contributed by atoms with E-state index in [2.05, 4.69) is -2.50 Å². The fraction of sp³-hybridized carbons (Fsp3) is 0. The Hall–Kier alpha value is 3.21. The van der Waals surface area contributed by atoms with Crippen LogP contribution in [-0.2, 0) is 1.59 Å². The minimum absolute atomic E-state index is 1.76. The second kappa shape index (κ2) is 16.7. The van der Waals surface area contributed by atoms with Crippen LogP contribution in [0.2, 0.25) is 0 Å². The molecule has 0 aromatic carbocycles. The molecule has 0 fully saturated rings. The van der Waals surface area contributed by atoms with Crippen LogP contribution in [-0.4, -0.2) is 0 Å². The average Bonchev–Trinajstić information content (AvgIpc) is 1.71. The fourth-order valence-corrected chi connectivity index (χ4v) is 0.624. The molecule has 0 heterocycles. The molecule has 0 aliphatic rings. The number of hydrogen-bond acceptors (Lipinski definition) is 5. The molecule has 5 nitrogen and oxygen atoms in total. The van der Waals surface area contributed by atoms with Crippen LogP contribution in [0.25, 0.3) is 0 Å². The molecule has 0 saturated carbocycles. The third-order valence-electron chi connectivity index (χ3n) is 0.0556. The maximum absolute atomic E-state index is 9.32. The molecule has 46 valence electrons. The van der Waals surface area contributed by atoms with Gasteiger partial charge in [-0.25, -0.2) is 0 Å². The van der Waals surface area contributed by atoms with Crippen LogP contribution in [0.4, 0.5) is 0 Å². The summed E-state index contributed by atoms with van der Waals surface area (Å²) in [6.45, 7) is 0. The summed E-state index contributed by atoms with van der Waals surface area (Å²) in [5.41, 5.74) is 0. The van der Waals surface area contributed by atoms with E-state index in [-0.39, 0.29) is 0 Å². The summed E-state index contributed by atoms with van der Waals surface area (Å²) in [6.07, 6.45) is 0. The second-order valence-electron chi connectivity index (χ2n) is 0.287. The molecule has 0 aliphatic carbocycles. The van der Waals surface area contributed by atoms with E-state index in [1.165, 1.54) is 0 Å². The Morgan fingerprint density at radius 2 is 1.38 bits per heavy atom. The first-order valence-corrected chi connectivity index (χ1v) is 7.92. The molecule has 0 radical (unpaired) electrons. The summed E-state index contributed by atoms with van der Waals surface area (Å²) in [5.74, 6) is 0. The van der Waals surface area contributed by atoms with Gasteiger partial charge in [-0.1, -0.05) is 0 Å². The Bertz CT molecular complexity index is 86.6. The summed E-state index contributed by atoms with van der Waals surface area (Å²) in [7, 11) is 0. The maximum atomic E-state index is 9.32. The normalized spacial score (nSPS) is 5.00. The van der Waals surface area contributed by atoms with E-state index in [1.807, 2.05) is 0 Å². The molecule has 0 spiro atoms. The third-order valence-corrected chi connectivity index (χ3v) is 3.06. The van der Waals surface area contributed by atoms with Gasteiger partial charge in [-0.15, -0.1) is 0 Å². The van der Waals surface area contributed by atoms with Gasteiger partial charge in [0.25, 0.3) is 0 Å². The van der Waals surface area contributed by atoms with Crippen LogP contribution in [0.15, 0.2) is 0 Å². The van der Waals surface area contributed by atoms with Gasteiger partial charge in [0.2, 0.25) is 0 Å². The quantitative estimate of drug-likeness (QED) is 0.489. The van der Waals surface area contributed by atoms with E-state index in [4.69, 9.17) is 1.88 Å². The van der Waals surface area contributed by atoms with Crippen LogP contribution >= 0.6 is 0 Å².